The highest BCUT2D eigenvalue weighted by Crippen LogP contribution is 2.36. The lowest BCUT2D eigenvalue weighted by Crippen LogP contribution is -2.35. The molecule has 17 heavy (non-hydrogen) atoms. The van der Waals surface area contributed by atoms with Crippen LogP contribution in [0.4, 0.5) is 0 Å². The third-order valence-electron chi connectivity index (χ3n) is 4.24. The number of benzene rings is 1. The monoisotopic (exact) mass is 231 g/mol. The van der Waals surface area contributed by atoms with Gasteiger partial charge in [-0.25, -0.2) is 0 Å². The van der Waals surface area contributed by atoms with Crippen molar-refractivity contribution in [2.75, 3.05) is 13.1 Å². The van der Waals surface area contributed by atoms with Crippen LogP contribution >= 0.6 is 0 Å². The Morgan fingerprint density at radius 2 is 1.82 bits per heavy atom. The van der Waals surface area contributed by atoms with E-state index in [0.29, 0.717) is 0 Å². The van der Waals surface area contributed by atoms with Crippen LogP contribution in [0, 0.1) is 26.7 Å². The van der Waals surface area contributed by atoms with Gasteiger partial charge in [-0.1, -0.05) is 31.0 Å². The number of aryl methyl sites for hydroxylation is 3. The lowest BCUT2D eigenvalue weighted by molar-refractivity contribution is 0.316. The molecule has 94 valence electrons. The van der Waals surface area contributed by atoms with Gasteiger partial charge in [0.25, 0.3) is 0 Å². The third-order valence-corrected chi connectivity index (χ3v) is 4.24. The molecule has 0 aromatic heterocycles. The average Bonchev–Trinajstić information content (AvgIpc) is 2.28. The molecule has 1 N–H and O–H groups in total. The minimum atomic E-state index is 0.766. The summed E-state index contributed by atoms with van der Waals surface area (Å²) in [6.07, 6.45) is 2.58. The fourth-order valence-corrected chi connectivity index (χ4v) is 3.51. The molecule has 0 radical (unpaired) electrons. The lowest BCUT2D eigenvalue weighted by atomic mass is 9.76. The molecule has 2 atom stereocenters. The van der Waals surface area contributed by atoms with E-state index in [1.54, 1.807) is 5.56 Å². The van der Waals surface area contributed by atoms with E-state index in [2.05, 4.69) is 45.1 Å². The van der Waals surface area contributed by atoms with E-state index in [4.69, 9.17) is 0 Å². The maximum atomic E-state index is 3.54. The largest absolute Gasteiger partial charge is 0.316 e. The van der Waals surface area contributed by atoms with Crippen LogP contribution < -0.4 is 5.32 Å². The zero-order chi connectivity index (χ0) is 12.4. The van der Waals surface area contributed by atoms with E-state index in [9.17, 15) is 0 Å². The maximum Gasteiger partial charge on any atom is -0.00148 e. The molecule has 0 aliphatic carbocycles. The summed E-state index contributed by atoms with van der Waals surface area (Å²) in [4.78, 5) is 0. The maximum absolute atomic E-state index is 3.54. The molecule has 1 aromatic rings. The average molecular weight is 231 g/mol. The zero-order valence-electron chi connectivity index (χ0n) is 11.6. The first-order valence-corrected chi connectivity index (χ1v) is 6.92. The molecule has 0 amide bonds. The first-order valence-electron chi connectivity index (χ1n) is 6.92. The quantitative estimate of drug-likeness (QED) is 0.818. The SMILES string of the molecule is CCC1CNCCC1c1c(C)cc(C)cc1C. The molecular formula is C16H25N. The van der Waals surface area contributed by atoms with Crippen LogP contribution in [0.1, 0.15) is 47.9 Å². The number of piperidine rings is 1. The Labute approximate surface area is 106 Å². The second-order valence-corrected chi connectivity index (χ2v) is 5.58. The second-order valence-electron chi connectivity index (χ2n) is 5.58. The summed E-state index contributed by atoms with van der Waals surface area (Å²) in [7, 11) is 0. The molecule has 1 nitrogen and oxygen atoms in total. The minimum Gasteiger partial charge on any atom is -0.316 e. The predicted molar refractivity (Wildman–Crippen MR) is 74.7 cm³/mol. The normalized spacial score (nSPS) is 24.9. The van der Waals surface area contributed by atoms with E-state index >= 15 is 0 Å². The summed E-state index contributed by atoms with van der Waals surface area (Å²) in [5, 5.41) is 3.54. The number of hydrogen-bond acceptors (Lipinski definition) is 1. The smallest absolute Gasteiger partial charge is 0.00148 e. The molecule has 0 bridgehead atoms. The number of nitrogens with one attached hydrogen (secondary N) is 1. The molecule has 0 saturated carbocycles. The Bertz CT molecular complexity index is 372. The van der Waals surface area contributed by atoms with Crippen molar-refractivity contribution in [1.82, 2.24) is 5.32 Å². The van der Waals surface area contributed by atoms with Crippen molar-refractivity contribution in [3.63, 3.8) is 0 Å². The van der Waals surface area contributed by atoms with Crippen molar-refractivity contribution in [3.8, 4) is 0 Å². The predicted octanol–water partition coefficient (Wildman–Crippen LogP) is 3.71. The van der Waals surface area contributed by atoms with Gasteiger partial charge in [0.15, 0.2) is 0 Å². The topological polar surface area (TPSA) is 12.0 Å². The zero-order valence-corrected chi connectivity index (χ0v) is 11.6. The van der Waals surface area contributed by atoms with Gasteiger partial charge in [-0.3, -0.25) is 0 Å². The molecular weight excluding hydrogens is 206 g/mol. The van der Waals surface area contributed by atoms with E-state index in [-0.39, 0.29) is 0 Å². The third kappa shape index (κ3) is 2.55. The van der Waals surface area contributed by atoms with Crippen molar-refractivity contribution in [1.29, 1.82) is 0 Å². The molecule has 1 saturated heterocycles. The van der Waals surface area contributed by atoms with Gasteiger partial charge in [-0.15, -0.1) is 0 Å². The molecule has 0 spiro atoms. The lowest BCUT2D eigenvalue weighted by Gasteiger charge is -2.34. The van der Waals surface area contributed by atoms with Crippen LogP contribution in [0.5, 0.6) is 0 Å². The van der Waals surface area contributed by atoms with Gasteiger partial charge in [0.05, 0.1) is 0 Å². The van der Waals surface area contributed by atoms with Crippen LogP contribution in [0.2, 0.25) is 0 Å². The van der Waals surface area contributed by atoms with E-state index in [1.165, 1.54) is 42.6 Å². The fourth-order valence-electron chi connectivity index (χ4n) is 3.51. The van der Waals surface area contributed by atoms with E-state index in [0.717, 1.165) is 11.8 Å². The summed E-state index contributed by atoms with van der Waals surface area (Å²) in [5.41, 5.74) is 6.01. The van der Waals surface area contributed by atoms with Crippen LogP contribution in [0.15, 0.2) is 12.1 Å². The molecule has 1 heterocycles. The van der Waals surface area contributed by atoms with Crippen LogP contribution in [-0.2, 0) is 0 Å². The molecule has 1 heteroatoms. The van der Waals surface area contributed by atoms with E-state index in [1.807, 2.05) is 0 Å². The second kappa shape index (κ2) is 5.22. The van der Waals surface area contributed by atoms with Gasteiger partial charge in [-0.05, 0) is 68.8 Å². The molecule has 1 aliphatic heterocycles. The van der Waals surface area contributed by atoms with Crippen molar-refractivity contribution >= 4 is 0 Å². The first kappa shape index (κ1) is 12.6. The summed E-state index contributed by atoms with van der Waals surface area (Å²) >= 11 is 0. The van der Waals surface area contributed by atoms with Gasteiger partial charge in [-0.2, -0.15) is 0 Å². The molecule has 2 unspecified atom stereocenters. The Balaban J connectivity index is 2.38. The van der Waals surface area contributed by atoms with E-state index < -0.39 is 0 Å². The highest BCUT2D eigenvalue weighted by Gasteiger charge is 2.27. The number of hydrogen-bond donors (Lipinski definition) is 1. The highest BCUT2D eigenvalue weighted by atomic mass is 14.9. The molecule has 1 aliphatic rings. The van der Waals surface area contributed by atoms with Crippen molar-refractivity contribution in [2.24, 2.45) is 5.92 Å². The molecule has 1 fully saturated rings. The van der Waals surface area contributed by atoms with Gasteiger partial charge < -0.3 is 5.32 Å². The summed E-state index contributed by atoms with van der Waals surface area (Å²) in [5.74, 6) is 1.57. The summed E-state index contributed by atoms with van der Waals surface area (Å²) in [6.45, 7) is 11.4. The van der Waals surface area contributed by atoms with Crippen LogP contribution in [0.3, 0.4) is 0 Å². The Morgan fingerprint density at radius 1 is 1.18 bits per heavy atom. The number of rotatable bonds is 2. The summed E-state index contributed by atoms with van der Waals surface area (Å²) < 4.78 is 0. The first-order chi connectivity index (χ1) is 8.13. The Kier molecular flexibility index (Phi) is 3.88. The minimum absolute atomic E-state index is 0.766. The van der Waals surface area contributed by atoms with Crippen molar-refractivity contribution in [2.45, 2.75) is 46.5 Å². The van der Waals surface area contributed by atoms with Gasteiger partial charge in [0.2, 0.25) is 0 Å². The fraction of sp³-hybridized carbons (Fsp3) is 0.625. The van der Waals surface area contributed by atoms with Crippen LogP contribution in [0.25, 0.3) is 0 Å². The van der Waals surface area contributed by atoms with Crippen molar-refractivity contribution < 1.29 is 0 Å². The highest BCUT2D eigenvalue weighted by molar-refractivity contribution is 5.40. The van der Waals surface area contributed by atoms with Gasteiger partial charge >= 0.3 is 0 Å². The standard InChI is InChI=1S/C16H25N/c1-5-14-10-17-7-6-15(14)16-12(3)8-11(2)9-13(16)4/h8-9,14-15,17H,5-7,10H2,1-4H3. The van der Waals surface area contributed by atoms with Crippen molar-refractivity contribution in [3.05, 3.63) is 34.4 Å². The Morgan fingerprint density at radius 3 is 2.41 bits per heavy atom. The molecule has 1 aromatic carbocycles. The van der Waals surface area contributed by atoms with Gasteiger partial charge in [0.1, 0.15) is 0 Å². The summed E-state index contributed by atoms with van der Waals surface area (Å²) in [6, 6.07) is 4.69. The van der Waals surface area contributed by atoms with Gasteiger partial charge in [0, 0.05) is 0 Å². The molecule has 2 rings (SSSR count). The van der Waals surface area contributed by atoms with Crippen LogP contribution in [-0.4, -0.2) is 13.1 Å². The Hall–Kier alpha value is -0.820.